The second kappa shape index (κ2) is 6.02. The Balaban J connectivity index is 1.61. The van der Waals surface area contributed by atoms with Gasteiger partial charge in [-0.3, -0.25) is 9.88 Å². The van der Waals surface area contributed by atoms with Gasteiger partial charge in [0.1, 0.15) is 5.82 Å². The van der Waals surface area contributed by atoms with Crippen LogP contribution < -0.4 is 5.69 Å². The molecular weight excluding hydrogens is 256 g/mol. The zero-order valence-electron chi connectivity index (χ0n) is 11.2. The second-order valence-electron chi connectivity index (χ2n) is 4.96. The molecule has 2 aromatic rings. The highest BCUT2D eigenvalue weighted by Crippen LogP contribution is 2.23. The van der Waals surface area contributed by atoms with Crippen LogP contribution in [-0.4, -0.2) is 39.8 Å². The van der Waals surface area contributed by atoms with Crippen molar-refractivity contribution in [2.24, 2.45) is 0 Å². The third kappa shape index (κ3) is 3.15. The lowest BCUT2D eigenvalue weighted by molar-refractivity contribution is 0.0615. The maximum atomic E-state index is 11.0. The second-order valence-corrected chi connectivity index (χ2v) is 4.96. The quantitative estimate of drug-likeness (QED) is 0.877. The first-order valence-electron chi connectivity index (χ1n) is 6.84. The molecule has 1 aliphatic heterocycles. The Labute approximate surface area is 116 Å². The first-order chi connectivity index (χ1) is 9.81. The third-order valence-corrected chi connectivity index (χ3v) is 3.53. The Bertz CT molecular complexity index is 592. The molecule has 1 aromatic carbocycles. The van der Waals surface area contributed by atoms with Gasteiger partial charge in [0.15, 0.2) is 0 Å². The van der Waals surface area contributed by atoms with E-state index in [4.69, 9.17) is 4.74 Å². The molecule has 1 unspecified atom stereocenters. The van der Waals surface area contributed by atoms with E-state index >= 15 is 0 Å². The number of nitrogens with zero attached hydrogens (tertiary/aromatic N) is 2. The van der Waals surface area contributed by atoms with Crippen LogP contribution in [-0.2, 0) is 11.3 Å². The van der Waals surface area contributed by atoms with E-state index in [-0.39, 0.29) is 11.8 Å². The summed E-state index contributed by atoms with van der Waals surface area (Å²) in [6.45, 7) is 3.10. The molecule has 1 aliphatic rings. The van der Waals surface area contributed by atoms with Crippen LogP contribution in [0.25, 0.3) is 0 Å². The average molecular weight is 274 g/mol. The van der Waals surface area contributed by atoms with Gasteiger partial charge in [-0.25, -0.2) is 9.89 Å². The van der Waals surface area contributed by atoms with Crippen molar-refractivity contribution >= 4 is 0 Å². The highest BCUT2D eigenvalue weighted by Gasteiger charge is 2.19. The molecule has 20 heavy (non-hydrogen) atoms. The van der Waals surface area contributed by atoms with Crippen molar-refractivity contribution < 1.29 is 4.74 Å². The van der Waals surface area contributed by atoms with Crippen LogP contribution in [0.3, 0.4) is 0 Å². The summed E-state index contributed by atoms with van der Waals surface area (Å²) in [6, 6.07) is 10.3. The van der Waals surface area contributed by atoms with E-state index in [1.54, 1.807) is 0 Å². The third-order valence-electron chi connectivity index (χ3n) is 3.53. The van der Waals surface area contributed by atoms with Crippen LogP contribution >= 0.6 is 0 Å². The van der Waals surface area contributed by atoms with Gasteiger partial charge in [0, 0.05) is 13.1 Å². The Morgan fingerprint density at radius 1 is 1.30 bits per heavy atom. The number of benzene rings is 1. The maximum Gasteiger partial charge on any atom is 0.340 e. The highest BCUT2D eigenvalue weighted by atomic mass is 16.5. The Morgan fingerprint density at radius 2 is 2.15 bits per heavy atom. The summed E-state index contributed by atoms with van der Waals surface area (Å²) in [6.07, 6.45) is 1.10. The van der Waals surface area contributed by atoms with E-state index in [1.165, 1.54) is 5.56 Å². The topological polar surface area (TPSA) is 74.0 Å². The van der Waals surface area contributed by atoms with Crippen molar-refractivity contribution in [1.29, 1.82) is 0 Å². The van der Waals surface area contributed by atoms with E-state index in [0.717, 1.165) is 19.5 Å². The molecule has 0 saturated carbocycles. The molecule has 1 atom stereocenters. The number of aromatic amines is 2. The number of H-pyrrole nitrogens is 2. The summed E-state index contributed by atoms with van der Waals surface area (Å²) in [5.41, 5.74) is 0.968. The average Bonchev–Trinajstić information content (AvgIpc) is 2.74. The van der Waals surface area contributed by atoms with Crippen molar-refractivity contribution in [2.45, 2.75) is 19.1 Å². The standard InChI is InChI=1S/C14H18N4O2/c19-14-15-13(16-17-14)10-18-7-6-12(20-9-8-18)11-4-2-1-3-5-11/h1-5,12H,6-10H2,(H2,15,16,17,19). The van der Waals surface area contributed by atoms with Crippen molar-refractivity contribution in [3.05, 3.63) is 52.2 Å². The van der Waals surface area contributed by atoms with E-state index in [9.17, 15) is 4.79 Å². The summed E-state index contributed by atoms with van der Waals surface area (Å²) in [5.74, 6) is 0.674. The minimum atomic E-state index is -0.256. The number of nitrogens with one attached hydrogen (secondary N) is 2. The Hall–Kier alpha value is -1.92. The highest BCUT2D eigenvalue weighted by molar-refractivity contribution is 5.17. The van der Waals surface area contributed by atoms with Crippen LogP contribution in [0.5, 0.6) is 0 Å². The van der Waals surface area contributed by atoms with E-state index in [1.807, 2.05) is 18.2 Å². The molecular formula is C14H18N4O2. The molecule has 0 spiro atoms. The van der Waals surface area contributed by atoms with Gasteiger partial charge in [-0.1, -0.05) is 30.3 Å². The van der Waals surface area contributed by atoms with E-state index in [0.29, 0.717) is 19.0 Å². The summed E-state index contributed by atoms with van der Waals surface area (Å²) in [5, 5.41) is 6.33. The van der Waals surface area contributed by atoms with Crippen LogP contribution in [0, 0.1) is 0 Å². The number of hydrogen-bond donors (Lipinski definition) is 2. The molecule has 0 aliphatic carbocycles. The van der Waals surface area contributed by atoms with Crippen molar-refractivity contribution in [2.75, 3.05) is 19.7 Å². The molecule has 2 heterocycles. The lowest BCUT2D eigenvalue weighted by Gasteiger charge is -2.17. The van der Waals surface area contributed by atoms with Crippen molar-refractivity contribution in [3.63, 3.8) is 0 Å². The first kappa shape index (κ1) is 13.1. The molecule has 106 valence electrons. The first-order valence-corrected chi connectivity index (χ1v) is 6.84. The van der Waals surface area contributed by atoms with Crippen LogP contribution in [0.2, 0.25) is 0 Å². The van der Waals surface area contributed by atoms with Gasteiger partial charge in [-0.15, -0.1) is 0 Å². The van der Waals surface area contributed by atoms with Crippen molar-refractivity contribution in [3.8, 4) is 0 Å². The SMILES string of the molecule is O=c1[nH]nc(CN2CCOC(c3ccccc3)CC2)[nH]1. The molecule has 0 amide bonds. The Morgan fingerprint density at radius 3 is 2.90 bits per heavy atom. The fourth-order valence-corrected chi connectivity index (χ4v) is 2.50. The molecule has 1 aromatic heterocycles. The zero-order chi connectivity index (χ0) is 13.8. The van der Waals surface area contributed by atoms with Gasteiger partial charge < -0.3 is 4.74 Å². The van der Waals surface area contributed by atoms with Gasteiger partial charge in [0.05, 0.1) is 19.3 Å². The number of ether oxygens (including phenoxy) is 1. The van der Waals surface area contributed by atoms with Gasteiger partial charge >= 0.3 is 5.69 Å². The minimum absolute atomic E-state index is 0.152. The van der Waals surface area contributed by atoms with Gasteiger partial charge in [0.2, 0.25) is 0 Å². The van der Waals surface area contributed by atoms with E-state index < -0.39 is 0 Å². The molecule has 2 N–H and O–H groups in total. The molecule has 1 fully saturated rings. The number of hydrogen-bond acceptors (Lipinski definition) is 4. The van der Waals surface area contributed by atoms with Crippen LogP contribution in [0.1, 0.15) is 23.9 Å². The monoisotopic (exact) mass is 274 g/mol. The molecule has 0 radical (unpaired) electrons. The number of rotatable bonds is 3. The predicted molar refractivity (Wildman–Crippen MR) is 74.2 cm³/mol. The molecule has 6 heteroatoms. The Kier molecular flexibility index (Phi) is 3.94. The van der Waals surface area contributed by atoms with Crippen molar-refractivity contribution in [1.82, 2.24) is 20.1 Å². The lowest BCUT2D eigenvalue weighted by Crippen LogP contribution is -2.26. The van der Waals surface area contributed by atoms with Crippen LogP contribution in [0.15, 0.2) is 35.1 Å². The molecule has 0 bridgehead atoms. The summed E-state index contributed by atoms with van der Waals surface area (Å²) in [4.78, 5) is 15.9. The van der Waals surface area contributed by atoms with Gasteiger partial charge in [-0.05, 0) is 12.0 Å². The number of aromatic nitrogens is 3. The summed E-state index contributed by atoms with van der Waals surface area (Å²) >= 11 is 0. The van der Waals surface area contributed by atoms with E-state index in [2.05, 4.69) is 32.2 Å². The zero-order valence-corrected chi connectivity index (χ0v) is 11.2. The molecule has 1 saturated heterocycles. The summed E-state index contributed by atoms with van der Waals surface area (Å²) in [7, 11) is 0. The van der Waals surface area contributed by atoms with Crippen LogP contribution in [0.4, 0.5) is 0 Å². The summed E-state index contributed by atoms with van der Waals surface area (Å²) < 4.78 is 5.92. The lowest BCUT2D eigenvalue weighted by atomic mass is 10.1. The smallest absolute Gasteiger partial charge is 0.340 e. The normalized spacial score (nSPS) is 20.7. The fraction of sp³-hybridized carbons (Fsp3) is 0.429. The van der Waals surface area contributed by atoms with Gasteiger partial charge in [0.25, 0.3) is 0 Å². The van der Waals surface area contributed by atoms with Gasteiger partial charge in [-0.2, -0.15) is 5.10 Å². The maximum absolute atomic E-state index is 11.0. The fourth-order valence-electron chi connectivity index (χ4n) is 2.50. The largest absolute Gasteiger partial charge is 0.372 e. The molecule has 6 nitrogen and oxygen atoms in total. The minimum Gasteiger partial charge on any atom is -0.372 e. The predicted octanol–water partition coefficient (Wildman–Crippen LogP) is 1.06. The molecule has 3 rings (SSSR count).